The summed E-state index contributed by atoms with van der Waals surface area (Å²) in [6.07, 6.45) is 1.46. The summed E-state index contributed by atoms with van der Waals surface area (Å²) in [5.41, 5.74) is 1.37. The van der Waals surface area contributed by atoms with Gasteiger partial charge in [0.15, 0.2) is 5.65 Å². The van der Waals surface area contributed by atoms with Crippen LogP contribution >= 0.6 is 0 Å². The van der Waals surface area contributed by atoms with Crippen molar-refractivity contribution in [1.29, 1.82) is 0 Å². The number of hydrogen-bond acceptors (Lipinski definition) is 3. The number of aryl methyl sites for hydroxylation is 1. The highest BCUT2D eigenvalue weighted by atomic mass is 16.1. The lowest BCUT2D eigenvalue weighted by Gasteiger charge is -1.92. The van der Waals surface area contributed by atoms with Crippen LogP contribution in [-0.4, -0.2) is 19.8 Å². The van der Waals surface area contributed by atoms with Crippen LogP contribution in [-0.2, 0) is 0 Å². The van der Waals surface area contributed by atoms with Crippen LogP contribution in [0.5, 0.6) is 0 Å². The third kappa shape index (κ3) is 0.813. The molecule has 2 rings (SSSR count). The Kier molecular flexibility index (Phi) is 1.06. The van der Waals surface area contributed by atoms with Gasteiger partial charge in [0.05, 0.1) is 0 Å². The first-order chi connectivity index (χ1) is 5.27. The van der Waals surface area contributed by atoms with Crippen molar-refractivity contribution in [1.82, 2.24) is 19.8 Å². The van der Waals surface area contributed by atoms with Crippen molar-refractivity contribution in [3.05, 3.63) is 28.3 Å². The van der Waals surface area contributed by atoms with Crippen molar-refractivity contribution in [2.45, 2.75) is 6.92 Å². The zero-order valence-corrected chi connectivity index (χ0v) is 5.90. The van der Waals surface area contributed by atoms with Gasteiger partial charge in [0.2, 0.25) is 0 Å². The molecule has 0 aliphatic carbocycles. The molecule has 0 saturated heterocycles. The molecule has 2 aromatic heterocycles. The van der Waals surface area contributed by atoms with Crippen LogP contribution in [0.3, 0.4) is 0 Å². The first-order valence-electron chi connectivity index (χ1n) is 3.17. The van der Waals surface area contributed by atoms with Gasteiger partial charge in [-0.15, -0.1) is 10.2 Å². The van der Waals surface area contributed by atoms with E-state index in [1.54, 1.807) is 0 Å². The molecule has 1 N–H and O–H groups in total. The summed E-state index contributed by atoms with van der Waals surface area (Å²) in [6, 6.07) is 1.49. The number of hydrogen-bond donors (Lipinski definition) is 1. The maximum absolute atomic E-state index is 10.9. The normalized spacial score (nSPS) is 10.6. The summed E-state index contributed by atoms with van der Waals surface area (Å²) in [7, 11) is 0. The van der Waals surface area contributed by atoms with E-state index in [0.29, 0.717) is 5.65 Å². The van der Waals surface area contributed by atoms with Crippen molar-refractivity contribution in [2.75, 3.05) is 0 Å². The standard InChI is InChI=1S/C6H6N4O/c1-4-2-5(11)9-10-3-7-8-6(4)10/h2-3H,1H3,(H,9,11). The maximum atomic E-state index is 10.9. The van der Waals surface area contributed by atoms with Crippen LogP contribution in [0.25, 0.3) is 5.65 Å². The molecule has 0 saturated carbocycles. The van der Waals surface area contributed by atoms with Gasteiger partial charge in [0.25, 0.3) is 5.56 Å². The third-order valence-electron chi connectivity index (χ3n) is 1.48. The van der Waals surface area contributed by atoms with Crippen LogP contribution < -0.4 is 5.56 Å². The Labute approximate surface area is 61.7 Å². The third-order valence-corrected chi connectivity index (χ3v) is 1.48. The van der Waals surface area contributed by atoms with Crippen LogP contribution in [0.15, 0.2) is 17.2 Å². The molecule has 0 bridgehead atoms. The predicted molar refractivity (Wildman–Crippen MR) is 38.3 cm³/mol. The molecule has 2 heterocycles. The number of nitrogens with one attached hydrogen (secondary N) is 1. The van der Waals surface area contributed by atoms with Crippen molar-refractivity contribution >= 4 is 5.65 Å². The van der Waals surface area contributed by atoms with E-state index in [4.69, 9.17) is 0 Å². The van der Waals surface area contributed by atoms with Gasteiger partial charge < -0.3 is 0 Å². The second kappa shape index (κ2) is 1.91. The van der Waals surface area contributed by atoms with E-state index in [-0.39, 0.29) is 5.56 Å². The maximum Gasteiger partial charge on any atom is 0.263 e. The molecule has 0 atom stereocenters. The van der Waals surface area contributed by atoms with Gasteiger partial charge in [-0.05, 0) is 6.92 Å². The van der Waals surface area contributed by atoms with Crippen molar-refractivity contribution in [3.8, 4) is 0 Å². The van der Waals surface area contributed by atoms with Crippen LogP contribution in [0.4, 0.5) is 0 Å². The van der Waals surface area contributed by atoms with Gasteiger partial charge >= 0.3 is 0 Å². The Morgan fingerprint density at radius 1 is 1.64 bits per heavy atom. The van der Waals surface area contributed by atoms with Crippen molar-refractivity contribution in [2.24, 2.45) is 0 Å². The fraction of sp³-hybridized carbons (Fsp3) is 0.167. The SMILES string of the molecule is Cc1cc(=O)[nH]n2cnnc12. The van der Waals surface area contributed by atoms with Gasteiger partial charge in [0, 0.05) is 11.6 Å². The van der Waals surface area contributed by atoms with E-state index < -0.39 is 0 Å². The predicted octanol–water partition coefficient (Wildman–Crippen LogP) is -0.274. The van der Waals surface area contributed by atoms with Crippen molar-refractivity contribution in [3.63, 3.8) is 0 Å². The monoisotopic (exact) mass is 150 g/mol. The first-order valence-corrected chi connectivity index (χ1v) is 3.17. The number of aromatic amines is 1. The quantitative estimate of drug-likeness (QED) is 0.562. The molecule has 5 nitrogen and oxygen atoms in total. The highest BCUT2D eigenvalue weighted by molar-refractivity contribution is 5.42. The van der Waals surface area contributed by atoms with Crippen LogP contribution in [0.1, 0.15) is 5.56 Å². The molecule has 11 heavy (non-hydrogen) atoms. The molecular weight excluding hydrogens is 144 g/mol. The molecule has 5 heteroatoms. The Morgan fingerprint density at radius 3 is 3.27 bits per heavy atom. The molecule has 0 unspecified atom stereocenters. The summed E-state index contributed by atoms with van der Waals surface area (Å²) in [6.45, 7) is 1.82. The van der Waals surface area contributed by atoms with Gasteiger partial charge in [0.1, 0.15) is 6.33 Å². The molecule has 0 aromatic carbocycles. The number of rotatable bonds is 0. The second-order valence-corrected chi connectivity index (χ2v) is 2.33. The molecule has 0 fully saturated rings. The van der Waals surface area contributed by atoms with E-state index >= 15 is 0 Å². The fourth-order valence-corrected chi connectivity index (χ4v) is 0.998. The van der Waals surface area contributed by atoms with E-state index in [1.165, 1.54) is 16.9 Å². The van der Waals surface area contributed by atoms with E-state index in [1.807, 2.05) is 6.92 Å². The first kappa shape index (κ1) is 6.09. The summed E-state index contributed by atoms with van der Waals surface area (Å²) in [4.78, 5) is 10.9. The van der Waals surface area contributed by atoms with E-state index in [9.17, 15) is 4.79 Å². The molecule has 0 radical (unpaired) electrons. The lowest BCUT2D eigenvalue weighted by atomic mass is 10.3. The molecule has 0 aliphatic rings. The molecule has 56 valence electrons. The summed E-state index contributed by atoms with van der Waals surface area (Å²) in [5.74, 6) is 0. The molecule has 2 aromatic rings. The lowest BCUT2D eigenvalue weighted by molar-refractivity contribution is 0.890. The van der Waals surface area contributed by atoms with Crippen LogP contribution in [0, 0.1) is 6.92 Å². The summed E-state index contributed by atoms with van der Waals surface area (Å²) < 4.78 is 1.50. The smallest absolute Gasteiger partial charge is 0.263 e. The minimum atomic E-state index is -0.144. The van der Waals surface area contributed by atoms with Gasteiger partial charge in [-0.25, -0.2) is 4.52 Å². The molecule has 0 aliphatic heterocycles. The largest absolute Gasteiger partial charge is 0.268 e. The highest BCUT2D eigenvalue weighted by Crippen LogP contribution is 1.98. The zero-order valence-electron chi connectivity index (χ0n) is 5.90. The minimum Gasteiger partial charge on any atom is -0.268 e. The van der Waals surface area contributed by atoms with Gasteiger partial charge in [-0.3, -0.25) is 9.89 Å². The van der Waals surface area contributed by atoms with E-state index in [2.05, 4.69) is 15.3 Å². The van der Waals surface area contributed by atoms with Crippen molar-refractivity contribution < 1.29 is 0 Å². The Morgan fingerprint density at radius 2 is 2.45 bits per heavy atom. The zero-order chi connectivity index (χ0) is 7.84. The molecular formula is C6H6N4O. The Bertz CT molecular complexity index is 441. The lowest BCUT2D eigenvalue weighted by Crippen LogP contribution is -2.10. The Balaban J connectivity index is 3.02. The molecule has 0 amide bonds. The van der Waals surface area contributed by atoms with Gasteiger partial charge in [-0.1, -0.05) is 0 Å². The Hall–Kier alpha value is -1.65. The second-order valence-electron chi connectivity index (χ2n) is 2.33. The average molecular weight is 150 g/mol. The summed E-state index contributed by atoms with van der Waals surface area (Å²) in [5, 5.41) is 9.99. The number of H-pyrrole nitrogens is 1. The van der Waals surface area contributed by atoms with Gasteiger partial charge in [-0.2, -0.15) is 0 Å². The summed E-state index contributed by atoms with van der Waals surface area (Å²) >= 11 is 0. The number of aromatic nitrogens is 4. The fourth-order valence-electron chi connectivity index (χ4n) is 0.998. The molecule has 0 spiro atoms. The number of fused-ring (bicyclic) bond motifs is 1. The topological polar surface area (TPSA) is 63.0 Å². The minimum absolute atomic E-state index is 0.144. The highest BCUT2D eigenvalue weighted by Gasteiger charge is 1.98. The van der Waals surface area contributed by atoms with Crippen LogP contribution in [0.2, 0.25) is 0 Å². The average Bonchev–Trinajstić information content (AvgIpc) is 2.34. The number of nitrogens with zero attached hydrogens (tertiary/aromatic N) is 3. The van der Waals surface area contributed by atoms with E-state index in [0.717, 1.165) is 5.56 Å².